The number of ether oxygens (including phenoxy) is 2. The molecular formula is C8H16O2. The van der Waals surface area contributed by atoms with Crippen LogP contribution in [0.4, 0.5) is 0 Å². The second-order valence-electron chi connectivity index (χ2n) is 2.05. The molecule has 0 spiro atoms. The van der Waals surface area contributed by atoms with Gasteiger partial charge in [0.25, 0.3) is 0 Å². The molecule has 0 aromatic carbocycles. The van der Waals surface area contributed by atoms with Gasteiger partial charge >= 0.3 is 0 Å². The van der Waals surface area contributed by atoms with Crippen LogP contribution < -0.4 is 0 Å². The lowest BCUT2D eigenvalue weighted by atomic mass is 10.3. The maximum Gasteiger partial charge on any atom is 0.0751 e. The summed E-state index contributed by atoms with van der Waals surface area (Å²) in [6.45, 7) is 7.02. The molecular weight excluding hydrogens is 128 g/mol. The highest BCUT2D eigenvalue weighted by Crippen LogP contribution is 1.97. The van der Waals surface area contributed by atoms with Gasteiger partial charge in [-0.15, -0.1) is 6.58 Å². The number of rotatable bonds is 6. The first-order chi connectivity index (χ1) is 4.85. The van der Waals surface area contributed by atoms with Crippen LogP contribution >= 0.6 is 0 Å². The van der Waals surface area contributed by atoms with E-state index in [1.54, 1.807) is 7.11 Å². The Hall–Kier alpha value is -0.340. The Morgan fingerprint density at radius 3 is 2.60 bits per heavy atom. The van der Waals surface area contributed by atoms with E-state index in [-0.39, 0.29) is 6.10 Å². The molecule has 1 unspecified atom stereocenters. The lowest BCUT2D eigenvalue weighted by molar-refractivity contribution is 0.0383. The molecule has 0 aromatic heterocycles. The first-order valence-electron chi connectivity index (χ1n) is 3.58. The minimum atomic E-state index is 0.190. The zero-order valence-corrected chi connectivity index (χ0v) is 6.80. The van der Waals surface area contributed by atoms with Crippen molar-refractivity contribution in [3.63, 3.8) is 0 Å². The molecule has 0 N–H and O–H groups in total. The van der Waals surface area contributed by atoms with E-state index >= 15 is 0 Å². The number of hydrogen-bond donors (Lipinski definition) is 0. The Labute approximate surface area is 62.8 Å². The van der Waals surface area contributed by atoms with Gasteiger partial charge in [-0.3, -0.25) is 0 Å². The van der Waals surface area contributed by atoms with Crippen LogP contribution in [0.2, 0.25) is 0 Å². The van der Waals surface area contributed by atoms with E-state index in [1.807, 2.05) is 6.08 Å². The molecule has 0 rings (SSSR count). The zero-order valence-electron chi connectivity index (χ0n) is 6.80. The summed E-state index contributed by atoms with van der Waals surface area (Å²) in [5.74, 6) is 0. The third kappa shape index (κ3) is 4.53. The van der Waals surface area contributed by atoms with Crippen LogP contribution in [-0.2, 0) is 9.47 Å². The maximum atomic E-state index is 5.34. The van der Waals surface area contributed by atoms with Crippen LogP contribution in [0.3, 0.4) is 0 Å². The van der Waals surface area contributed by atoms with Gasteiger partial charge in [0.1, 0.15) is 0 Å². The van der Waals surface area contributed by atoms with Crippen molar-refractivity contribution in [2.24, 2.45) is 0 Å². The van der Waals surface area contributed by atoms with Gasteiger partial charge in [0, 0.05) is 7.11 Å². The van der Waals surface area contributed by atoms with E-state index < -0.39 is 0 Å². The minimum Gasteiger partial charge on any atom is -0.382 e. The van der Waals surface area contributed by atoms with Gasteiger partial charge in [-0.25, -0.2) is 0 Å². The fraction of sp³-hybridized carbons (Fsp3) is 0.750. The van der Waals surface area contributed by atoms with Crippen molar-refractivity contribution in [1.82, 2.24) is 0 Å². The molecule has 0 aliphatic rings. The van der Waals surface area contributed by atoms with Crippen LogP contribution in [0.25, 0.3) is 0 Å². The summed E-state index contributed by atoms with van der Waals surface area (Å²) in [7, 11) is 1.66. The summed E-state index contributed by atoms with van der Waals surface area (Å²) in [5, 5.41) is 0. The smallest absolute Gasteiger partial charge is 0.0751 e. The average Bonchev–Trinajstić information content (AvgIpc) is 1.99. The van der Waals surface area contributed by atoms with Gasteiger partial charge < -0.3 is 9.47 Å². The number of methoxy groups -OCH3 is 1. The summed E-state index contributed by atoms with van der Waals surface area (Å²) in [4.78, 5) is 0. The topological polar surface area (TPSA) is 18.5 Å². The second kappa shape index (κ2) is 6.78. The Bertz CT molecular complexity index is 81.3. The molecule has 0 saturated heterocycles. The highest BCUT2D eigenvalue weighted by atomic mass is 16.5. The Morgan fingerprint density at radius 1 is 1.50 bits per heavy atom. The third-order valence-electron chi connectivity index (χ3n) is 1.28. The number of hydrogen-bond acceptors (Lipinski definition) is 2. The SMILES string of the molecule is C=CC(CC)OCCOC. The first-order valence-corrected chi connectivity index (χ1v) is 3.58. The van der Waals surface area contributed by atoms with E-state index in [2.05, 4.69) is 13.5 Å². The molecule has 1 atom stereocenters. The van der Waals surface area contributed by atoms with Crippen molar-refractivity contribution in [2.75, 3.05) is 20.3 Å². The van der Waals surface area contributed by atoms with Gasteiger partial charge in [-0.05, 0) is 6.42 Å². The molecule has 0 heterocycles. The maximum absolute atomic E-state index is 5.34. The van der Waals surface area contributed by atoms with Crippen molar-refractivity contribution < 1.29 is 9.47 Å². The highest BCUT2D eigenvalue weighted by molar-refractivity contribution is 4.78. The van der Waals surface area contributed by atoms with Crippen molar-refractivity contribution in [2.45, 2.75) is 19.4 Å². The molecule has 0 bridgehead atoms. The zero-order chi connectivity index (χ0) is 7.82. The van der Waals surface area contributed by atoms with Gasteiger partial charge in [0.05, 0.1) is 19.3 Å². The average molecular weight is 144 g/mol. The van der Waals surface area contributed by atoms with Crippen LogP contribution in [0, 0.1) is 0 Å². The molecule has 0 aliphatic heterocycles. The Kier molecular flexibility index (Phi) is 6.55. The molecule has 0 radical (unpaired) electrons. The quantitative estimate of drug-likeness (QED) is 0.416. The third-order valence-corrected chi connectivity index (χ3v) is 1.28. The lowest BCUT2D eigenvalue weighted by Crippen LogP contribution is -2.11. The molecule has 2 nitrogen and oxygen atoms in total. The predicted octanol–water partition coefficient (Wildman–Crippen LogP) is 1.61. The highest BCUT2D eigenvalue weighted by Gasteiger charge is 1.98. The second-order valence-corrected chi connectivity index (χ2v) is 2.05. The van der Waals surface area contributed by atoms with Crippen molar-refractivity contribution in [3.8, 4) is 0 Å². The van der Waals surface area contributed by atoms with Gasteiger partial charge in [0.2, 0.25) is 0 Å². The van der Waals surface area contributed by atoms with Crippen LogP contribution in [-0.4, -0.2) is 26.4 Å². The van der Waals surface area contributed by atoms with E-state index in [9.17, 15) is 0 Å². The van der Waals surface area contributed by atoms with Crippen molar-refractivity contribution in [3.05, 3.63) is 12.7 Å². The summed E-state index contributed by atoms with van der Waals surface area (Å²) in [5.41, 5.74) is 0. The summed E-state index contributed by atoms with van der Waals surface area (Å²) in [6.07, 6.45) is 2.98. The lowest BCUT2D eigenvalue weighted by Gasteiger charge is -2.09. The largest absolute Gasteiger partial charge is 0.382 e. The summed E-state index contributed by atoms with van der Waals surface area (Å²) >= 11 is 0. The van der Waals surface area contributed by atoms with Crippen molar-refractivity contribution in [1.29, 1.82) is 0 Å². The molecule has 10 heavy (non-hydrogen) atoms. The monoisotopic (exact) mass is 144 g/mol. The molecule has 0 saturated carbocycles. The Morgan fingerprint density at radius 2 is 2.20 bits per heavy atom. The van der Waals surface area contributed by atoms with E-state index in [0.29, 0.717) is 13.2 Å². The molecule has 0 aromatic rings. The first kappa shape index (κ1) is 9.66. The van der Waals surface area contributed by atoms with Gasteiger partial charge in [0.15, 0.2) is 0 Å². The van der Waals surface area contributed by atoms with E-state index in [1.165, 1.54) is 0 Å². The fourth-order valence-electron chi connectivity index (χ4n) is 0.635. The van der Waals surface area contributed by atoms with Gasteiger partial charge in [-0.1, -0.05) is 13.0 Å². The molecule has 2 heteroatoms. The van der Waals surface area contributed by atoms with Crippen LogP contribution in [0.1, 0.15) is 13.3 Å². The normalized spacial score (nSPS) is 13.0. The fourth-order valence-corrected chi connectivity index (χ4v) is 0.635. The molecule has 0 aliphatic carbocycles. The molecule has 0 fully saturated rings. The van der Waals surface area contributed by atoms with Crippen molar-refractivity contribution >= 4 is 0 Å². The Balaban J connectivity index is 3.17. The standard InChI is InChI=1S/C8H16O2/c1-4-8(5-2)10-7-6-9-3/h4,8H,1,5-7H2,2-3H3. The molecule has 60 valence electrons. The van der Waals surface area contributed by atoms with E-state index in [0.717, 1.165) is 6.42 Å². The predicted molar refractivity (Wildman–Crippen MR) is 42.1 cm³/mol. The minimum absolute atomic E-state index is 0.190. The van der Waals surface area contributed by atoms with E-state index in [4.69, 9.17) is 9.47 Å². The van der Waals surface area contributed by atoms with Crippen LogP contribution in [0.5, 0.6) is 0 Å². The van der Waals surface area contributed by atoms with Crippen LogP contribution in [0.15, 0.2) is 12.7 Å². The molecule has 0 amide bonds. The summed E-state index contributed by atoms with van der Waals surface area (Å²) in [6, 6.07) is 0. The summed E-state index contributed by atoms with van der Waals surface area (Å²) < 4.78 is 10.2. The van der Waals surface area contributed by atoms with Gasteiger partial charge in [-0.2, -0.15) is 0 Å².